The number of nitrogens with zero attached hydrogens (tertiary/aromatic N) is 3. The quantitative estimate of drug-likeness (QED) is 0.729. The Bertz CT molecular complexity index is 341. The van der Waals surface area contributed by atoms with Crippen LogP contribution in [0.2, 0.25) is 0 Å². The Hall–Kier alpha value is -1.39. The standard InChI is InChI=1S/C8H11N3O2/c1-11-6(4-7(12)13)9-10-8(11)5-2-3-5/h5H,2-4H2,1H3,(H,12,13). The number of hydrogen-bond donors (Lipinski definition) is 1. The second kappa shape index (κ2) is 2.83. The topological polar surface area (TPSA) is 68.0 Å². The number of aromatic nitrogens is 3. The van der Waals surface area contributed by atoms with Crippen molar-refractivity contribution in [2.75, 3.05) is 0 Å². The third kappa shape index (κ3) is 1.54. The summed E-state index contributed by atoms with van der Waals surface area (Å²) in [4.78, 5) is 10.4. The summed E-state index contributed by atoms with van der Waals surface area (Å²) in [7, 11) is 1.83. The minimum atomic E-state index is -0.863. The highest BCUT2D eigenvalue weighted by Gasteiger charge is 2.29. The summed E-state index contributed by atoms with van der Waals surface area (Å²) < 4.78 is 1.80. The molecule has 1 fully saturated rings. The van der Waals surface area contributed by atoms with Gasteiger partial charge in [0.25, 0.3) is 0 Å². The lowest BCUT2D eigenvalue weighted by molar-refractivity contribution is -0.136. The van der Waals surface area contributed by atoms with Crippen LogP contribution in [-0.4, -0.2) is 25.8 Å². The van der Waals surface area contributed by atoms with E-state index in [0.29, 0.717) is 11.7 Å². The van der Waals surface area contributed by atoms with Crippen molar-refractivity contribution >= 4 is 5.97 Å². The fourth-order valence-electron chi connectivity index (χ4n) is 1.36. The molecule has 1 N–H and O–H groups in total. The van der Waals surface area contributed by atoms with Crippen LogP contribution in [-0.2, 0) is 18.3 Å². The molecular weight excluding hydrogens is 170 g/mol. The van der Waals surface area contributed by atoms with Gasteiger partial charge in [0, 0.05) is 13.0 Å². The van der Waals surface area contributed by atoms with Gasteiger partial charge in [-0.2, -0.15) is 0 Å². The van der Waals surface area contributed by atoms with E-state index in [4.69, 9.17) is 5.11 Å². The molecule has 1 aromatic rings. The summed E-state index contributed by atoms with van der Waals surface area (Å²) in [6.07, 6.45) is 2.26. The molecule has 0 spiro atoms. The van der Waals surface area contributed by atoms with Crippen molar-refractivity contribution in [1.29, 1.82) is 0 Å². The fraction of sp³-hybridized carbons (Fsp3) is 0.625. The molecule has 1 aliphatic carbocycles. The normalized spacial score (nSPS) is 16.1. The van der Waals surface area contributed by atoms with E-state index in [1.807, 2.05) is 7.05 Å². The van der Waals surface area contributed by atoms with E-state index in [1.54, 1.807) is 4.57 Å². The Balaban J connectivity index is 2.22. The minimum absolute atomic E-state index is 0.0454. The largest absolute Gasteiger partial charge is 0.481 e. The van der Waals surface area contributed by atoms with Gasteiger partial charge in [-0.05, 0) is 12.8 Å². The van der Waals surface area contributed by atoms with Crippen LogP contribution in [0.4, 0.5) is 0 Å². The first-order chi connectivity index (χ1) is 6.18. The maximum atomic E-state index is 10.4. The highest BCUT2D eigenvalue weighted by Crippen LogP contribution is 2.38. The summed E-state index contributed by atoms with van der Waals surface area (Å²) in [5.41, 5.74) is 0. The highest BCUT2D eigenvalue weighted by atomic mass is 16.4. The fourth-order valence-corrected chi connectivity index (χ4v) is 1.36. The Kier molecular flexibility index (Phi) is 1.79. The lowest BCUT2D eigenvalue weighted by Gasteiger charge is -1.99. The Morgan fingerprint density at radius 3 is 2.85 bits per heavy atom. The van der Waals surface area contributed by atoms with E-state index in [9.17, 15) is 4.79 Å². The minimum Gasteiger partial charge on any atom is -0.481 e. The maximum absolute atomic E-state index is 10.4. The van der Waals surface area contributed by atoms with E-state index in [2.05, 4.69) is 10.2 Å². The monoisotopic (exact) mass is 181 g/mol. The van der Waals surface area contributed by atoms with Crippen LogP contribution in [0.3, 0.4) is 0 Å². The zero-order chi connectivity index (χ0) is 9.42. The first-order valence-electron chi connectivity index (χ1n) is 4.28. The van der Waals surface area contributed by atoms with Crippen LogP contribution >= 0.6 is 0 Å². The molecule has 5 nitrogen and oxygen atoms in total. The summed E-state index contributed by atoms with van der Waals surface area (Å²) in [6.45, 7) is 0. The predicted molar refractivity (Wildman–Crippen MR) is 44.3 cm³/mol. The number of hydrogen-bond acceptors (Lipinski definition) is 3. The predicted octanol–water partition coefficient (Wildman–Crippen LogP) is 0.320. The van der Waals surface area contributed by atoms with Crippen molar-refractivity contribution in [3.05, 3.63) is 11.6 Å². The molecule has 0 aliphatic heterocycles. The van der Waals surface area contributed by atoms with Gasteiger partial charge in [0.15, 0.2) is 0 Å². The molecule has 5 heteroatoms. The molecule has 0 unspecified atom stereocenters. The average molecular weight is 181 g/mol. The third-order valence-corrected chi connectivity index (χ3v) is 2.25. The third-order valence-electron chi connectivity index (χ3n) is 2.25. The molecule has 0 radical (unpaired) electrons. The molecule has 1 aromatic heterocycles. The number of carboxylic acids is 1. The number of carbonyl (C=O) groups is 1. The molecule has 1 aliphatic rings. The van der Waals surface area contributed by atoms with Gasteiger partial charge < -0.3 is 9.67 Å². The number of carboxylic acid groups (broad SMARTS) is 1. The molecule has 70 valence electrons. The van der Waals surface area contributed by atoms with Crippen molar-refractivity contribution in [3.63, 3.8) is 0 Å². The first-order valence-corrected chi connectivity index (χ1v) is 4.28. The van der Waals surface area contributed by atoms with Gasteiger partial charge in [0.05, 0.1) is 0 Å². The van der Waals surface area contributed by atoms with Crippen LogP contribution < -0.4 is 0 Å². The summed E-state index contributed by atoms with van der Waals surface area (Å²) >= 11 is 0. The van der Waals surface area contributed by atoms with Crippen molar-refractivity contribution < 1.29 is 9.90 Å². The molecule has 13 heavy (non-hydrogen) atoms. The lowest BCUT2D eigenvalue weighted by Crippen LogP contribution is -2.07. The van der Waals surface area contributed by atoms with Gasteiger partial charge in [-0.15, -0.1) is 10.2 Å². The molecular formula is C8H11N3O2. The summed E-state index contributed by atoms with van der Waals surface area (Å²) in [5, 5.41) is 16.4. The van der Waals surface area contributed by atoms with Crippen molar-refractivity contribution in [2.45, 2.75) is 25.2 Å². The zero-order valence-corrected chi connectivity index (χ0v) is 7.40. The van der Waals surface area contributed by atoms with Gasteiger partial charge in [0.1, 0.15) is 18.1 Å². The van der Waals surface area contributed by atoms with Gasteiger partial charge >= 0.3 is 5.97 Å². The van der Waals surface area contributed by atoms with Crippen molar-refractivity contribution in [1.82, 2.24) is 14.8 Å². The van der Waals surface area contributed by atoms with E-state index in [1.165, 1.54) is 0 Å². The van der Waals surface area contributed by atoms with Crippen molar-refractivity contribution in [3.8, 4) is 0 Å². The average Bonchev–Trinajstić information content (AvgIpc) is 2.81. The van der Waals surface area contributed by atoms with E-state index < -0.39 is 5.97 Å². The second-order valence-electron chi connectivity index (χ2n) is 3.38. The zero-order valence-electron chi connectivity index (χ0n) is 7.40. The molecule has 1 saturated carbocycles. The Labute approximate surface area is 75.4 Å². The van der Waals surface area contributed by atoms with Crippen LogP contribution in [0.25, 0.3) is 0 Å². The number of rotatable bonds is 3. The van der Waals surface area contributed by atoms with Crippen LogP contribution in [0.1, 0.15) is 30.4 Å². The molecule has 1 heterocycles. The SMILES string of the molecule is Cn1c(CC(=O)O)nnc1C1CC1. The first kappa shape index (κ1) is 8.22. The Morgan fingerprint density at radius 1 is 1.62 bits per heavy atom. The maximum Gasteiger partial charge on any atom is 0.311 e. The molecule has 0 saturated heterocycles. The van der Waals surface area contributed by atoms with Gasteiger partial charge in [0.2, 0.25) is 0 Å². The summed E-state index contributed by atoms with van der Waals surface area (Å²) in [5.74, 6) is 1.11. The van der Waals surface area contributed by atoms with E-state index in [-0.39, 0.29) is 6.42 Å². The smallest absolute Gasteiger partial charge is 0.311 e. The van der Waals surface area contributed by atoms with E-state index >= 15 is 0 Å². The molecule has 2 rings (SSSR count). The lowest BCUT2D eigenvalue weighted by atomic mass is 10.3. The molecule has 0 aromatic carbocycles. The second-order valence-corrected chi connectivity index (χ2v) is 3.38. The van der Waals surface area contributed by atoms with Crippen LogP contribution in [0.5, 0.6) is 0 Å². The van der Waals surface area contributed by atoms with Gasteiger partial charge in [-0.3, -0.25) is 4.79 Å². The van der Waals surface area contributed by atoms with Crippen LogP contribution in [0.15, 0.2) is 0 Å². The number of aliphatic carboxylic acids is 1. The van der Waals surface area contributed by atoms with E-state index in [0.717, 1.165) is 18.7 Å². The van der Waals surface area contributed by atoms with Crippen LogP contribution in [0, 0.1) is 0 Å². The van der Waals surface area contributed by atoms with Gasteiger partial charge in [-0.1, -0.05) is 0 Å². The van der Waals surface area contributed by atoms with Crippen molar-refractivity contribution in [2.24, 2.45) is 7.05 Å². The summed E-state index contributed by atoms with van der Waals surface area (Å²) in [6, 6.07) is 0. The molecule has 0 bridgehead atoms. The highest BCUT2D eigenvalue weighted by molar-refractivity contribution is 5.69. The molecule has 0 atom stereocenters. The molecule has 0 amide bonds. The Morgan fingerprint density at radius 2 is 2.31 bits per heavy atom. The van der Waals surface area contributed by atoms with Gasteiger partial charge in [-0.25, -0.2) is 0 Å².